The van der Waals surface area contributed by atoms with Crippen molar-refractivity contribution < 1.29 is 19.1 Å². The van der Waals surface area contributed by atoms with Crippen LogP contribution in [-0.4, -0.2) is 69.2 Å². The van der Waals surface area contributed by atoms with Gasteiger partial charge in [0, 0.05) is 19.1 Å². The lowest BCUT2D eigenvalue weighted by molar-refractivity contribution is 0.102. The molecule has 1 aliphatic carbocycles. The molecule has 0 radical (unpaired) electrons. The molecule has 0 bridgehead atoms. The first-order valence-corrected chi connectivity index (χ1v) is 12.4. The molecule has 1 fully saturated rings. The van der Waals surface area contributed by atoms with Gasteiger partial charge in [-0.1, -0.05) is 18.9 Å². The zero-order chi connectivity index (χ0) is 26.5. The Morgan fingerprint density at radius 3 is 2.76 bits per heavy atom. The third-order valence-corrected chi connectivity index (χ3v) is 6.89. The number of amides is 3. The maximum Gasteiger partial charge on any atom is 0.317 e. The molecular formula is C26H32FN7O3. The summed E-state index contributed by atoms with van der Waals surface area (Å²) in [4.78, 5) is 32.9. The van der Waals surface area contributed by atoms with Crippen molar-refractivity contribution in [2.45, 2.75) is 57.7 Å². The molecule has 1 aliphatic heterocycles. The Hall–Kier alpha value is -3.86. The highest BCUT2D eigenvalue weighted by molar-refractivity contribution is 6.05. The minimum Gasteiger partial charge on any atom is -0.394 e. The van der Waals surface area contributed by atoms with Gasteiger partial charge < -0.3 is 25.5 Å². The van der Waals surface area contributed by atoms with Crippen molar-refractivity contribution in [3.05, 3.63) is 58.5 Å². The monoisotopic (exact) mass is 509 g/mol. The molecule has 11 heteroatoms. The number of benzene rings is 1. The summed E-state index contributed by atoms with van der Waals surface area (Å²) < 4.78 is 14.9. The quantitative estimate of drug-likeness (QED) is 0.288. The van der Waals surface area contributed by atoms with E-state index >= 15 is 0 Å². The number of carbonyl (C=O) groups is 2. The maximum atomic E-state index is 14.9. The average Bonchev–Trinajstić information content (AvgIpc) is 3.41. The third kappa shape index (κ3) is 5.93. The predicted molar refractivity (Wildman–Crippen MR) is 137 cm³/mol. The van der Waals surface area contributed by atoms with E-state index in [2.05, 4.69) is 15.6 Å². The van der Waals surface area contributed by atoms with Crippen LogP contribution in [-0.2, 0) is 13.0 Å². The molecule has 1 aromatic heterocycles. The van der Waals surface area contributed by atoms with Crippen LogP contribution in [0.5, 0.6) is 0 Å². The van der Waals surface area contributed by atoms with Crippen LogP contribution in [0.3, 0.4) is 0 Å². The van der Waals surface area contributed by atoms with E-state index in [-0.39, 0.29) is 41.6 Å². The first kappa shape index (κ1) is 26.2. The fourth-order valence-electron chi connectivity index (χ4n) is 4.71. The number of amidine groups is 1. The largest absolute Gasteiger partial charge is 0.394 e. The van der Waals surface area contributed by atoms with Crippen LogP contribution in [0, 0.1) is 16.6 Å². The number of urea groups is 1. The van der Waals surface area contributed by atoms with E-state index in [1.54, 1.807) is 24.0 Å². The molecule has 3 amide bonds. The van der Waals surface area contributed by atoms with Crippen LogP contribution in [0.4, 0.5) is 15.0 Å². The maximum absolute atomic E-state index is 14.9. The smallest absolute Gasteiger partial charge is 0.317 e. The highest BCUT2D eigenvalue weighted by atomic mass is 19.1. The molecule has 196 valence electrons. The summed E-state index contributed by atoms with van der Waals surface area (Å²) in [7, 11) is 0. The second kappa shape index (κ2) is 11.5. The van der Waals surface area contributed by atoms with Crippen LogP contribution in [0.15, 0.2) is 30.3 Å². The zero-order valence-electron chi connectivity index (χ0n) is 20.8. The number of aliphatic hydroxyl groups is 1. The van der Waals surface area contributed by atoms with Gasteiger partial charge in [-0.3, -0.25) is 15.6 Å². The Morgan fingerprint density at radius 1 is 1.30 bits per heavy atom. The van der Waals surface area contributed by atoms with E-state index in [0.29, 0.717) is 19.5 Å². The van der Waals surface area contributed by atoms with Gasteiger partial charge in [-0.2, -0.15) is 0 Å². The van der Waals surface area contributed by atoms with E-state index in [1.165, 1.54) is 23.1 Å². The predicted octanol–water partition coefficient (Wildman–Crippen LogP) is 3.10. The van der Waals surface area contributed by atoms with Gasteiger partial charge in [0.1, 0.15) is 17.3 Å². The molecular weight excluding hydrogens is 477 g/mol. The summed E-state index contributed by atoms with van der Waals surface area (Å²) in [5.74, 6) is -1.36. The molecule has 0 saturated heterocycles. The summed E-state index contributed by atoms with van der Waals surface area (Å²) in [5, 5.41) is 30.9. The van der Waals surface area contributed by atoms with Gasteiger partial charge in [0.25, 0.3) is 5.91 Å². The number of aromatic nitrogens is 1. The van der Waals surface area contributed by atoms with E-state index in [9.17, 15) is 19.1 Å². The van der Waals surface area contributed by atoms with Crippen molar-refractivity contribution in [2.24, 2.45) is 0 Å². The summed E-state index contributed by atoms with van der Waals surface area (Å²) >= 11 is 0. The second-order valence-corrected chi connectivity index (χ2v) is 9.48. The lowest BCUT2D eigenvalue weighted by Gasteiger charge is -2.30. The molecule has 37 heavy (non-hydrogen) atoms. The molecule has 2 aromatic rings. The molecule has 5 N–H and O–H groups in total. The van der Waals surface area contributed by atoms with Gasteiger partial charge in [0.05, 0.1) is 24.6 Å². The zero-order valence-corrected chi connectivity index (χ0v) is 20.8. The Balaban J connectivity index is 1.47. The van der Waals surface area contributed by atoms with Crippen molar-refractivity contribution >= 4 is 29.9 Å². The van der Waals surface area contributed by atoms with Gasteiger partial charge in [-0.05, 0) is 61.6 Å². The van der Waals surface area contributed by atoms with Crippen molar-refractivity contribution in [1.82, 2.24) is 20.1 Å². The summed E-state index contributed by atoms with van der Waals surface area (Å²) in [5.41, 5.74) is 1.52. The van der Waals surface area contributed by atoms with Crippen LogP contribution >= 0.6 is 0 Å². The molecule has 1 unspecified atom stereocenters. The summed E-state index contributed by atoms with van der Waals surface area (Å²) in [6.45, 7) is 2.18. The van der Waals surface area contributed by atoms with Gasteiger partial charge in [-0.25, -0.2) is 14.2 Å². The second-order valence-electron chi connectivity index (χ2n) is 9.48. The lowest BCUT2D eigenvalue weighted by atomic mass is 9.96. The molecule has 1 aromatic carbocycles. The summed E-state index contributed by atoms with van der Waals surface area (Å²) in [6.07, 6.45) is 5.64. The fraction of sp³-hybridized carbons (Fsp3) is 0.423. The minimum atomic E-state index is -0.698. The number of anilines is 1. The number of fused-ring (bicyclic) bond motifs is 1. The van der Waals surface area contributed by atoms with Crippen molar-refractivity contribution in [3.63, 3.8) is 0 Å². The molecule has 4 rings (SSSR count). The number of nitrogens with one attached hydrogen (secondary N) is 4. The van der Waals surface area contributed by atoms with E-state index < -0.39 is 17.8 Å². The first-order valence-electron chi connectivity index (χ1n) is 12.4. The number of hydrogen-bond acceptors (Lipinski definition) is 6. The molecule has 1 atom stereocenters. The first-order chi connectivity index (χ1) is 17.8. The van der Waals surface area contributed by atoms with Crippen molar-refractivity contribution in [2.75, 3.05) is 18.5 Å². The lowest BCUT2D eigenvalue weighted by Crippen LogP contribution is -2.46. The Kier molecular flexibility index (Phi) is 8.12. The molecule has 0 spiro atoms. The SMILES string of the molecule is CC(CO)N(C=N)C(=N)c1cccc(NC(=O)c2cc3c(cc2F)CCN(C(=O)NC2CCCC2)C3)n1. The van der Waals surface area contributed by atoms with E-state index in [0.717, 1.165) is 43.1 Å². The number of carbonyl (C=O) groups excluding carboxylic acids is 2. The standard InChI is InChI=1S/C26H32FN7O3/c1-16(14-35)34(15-28)24(29)22-7-4-8-23(31-22)32-25(36)20-11-18-13-33(10-9-17(18)12-21(20)27)26(37)30-19-5-2-3-6-19/h4,7-8,11-12,15-16,19,28-29,35H,2-3,5-6,9-10,13-14H2,1H3,(H,30,37)(H,31,32,36). The minimum absolute atomic E-state index is 0.114. The van der Waals surface area contributed by atoms with Gasteiger partial charge in [0.2, 0.25) is 0 Å². The van der Waals surface area contributed by atoms with Crippen LogP contribution in [0.2, 0.25) is 0 Å². The highest BCUT2D eigenvalue weighted by Crippen LogP contribution is 2.25. The normalized spacial score (nSPS) is 16.0. The van der Waals surface area contributed by atoms with Gasteiger partial charge in [0.15, 0.2) is 5.84 Å². The average molecular weight is 510 g/mol. The summed E-state index contributed by atoms with van der Waals surface area (Å²) in [6, 6.07) is 7.05. The number of hydrogen-bond donors (Lipinski definition) is 5. The molecule has 1 saturated carbocycles. The van der Waals surface area contributed by atoms with Gasteiger partial charge >= 0.3 is 6.03 Å². The number of aliphatic hydroxyl groups excluding tert-OH is 1. The number of pyridine rings is 1. The Bertz CT molecular complexity index is 1200. The third-order valence-electron chi connectivity index (χ3n) is 6.89. The molecule has 2 heterocycles. The van der Waals surface area contributed by atoms with Crippen molar-refractivity contribution in [3.8, 4) is 0 Å². The fourth-order valence-corrected chi connectivity index (χ4v) is 4.71. The molecule has 2 aliphatic rings. The van der Waals surface area contributed by atoms with Crippen LogP contribution in [0.25, 0.3) is 0 Å². The van der Waals surface area contributed by atoms with Crippen molar-refractivity contribution in [1.29, 1.82) is 10.8 Å². The Morgan fingerprint density at radius 2 is 2.05 bits per heavy atom. The number of nitrogens with zero attached hydrogens (tertiary/aromatic N) is 3. The van der Waals surface area contributed by atoms with Gasteiger partial charge in [-0.15, -0.1) is 0 Å². The topological polar surface area (TPSA) is 146 Å². The number of halogens is 1. The Labute approximate surface area is 214 Å². The number of rotatable bonds is 7. The van der Waals surface area contributed by atoms with Crippen LogP contribution in [0.1, 0.15) is 59.8 Å². The van der Waals surface area contributed by atoms with E-state index in [1.807, 2.05) is 0 Å². The highest BCUT2D eigenvalue weighted by Gasteiger charge is 2.26. The van der Waals surface area contributed by atoms with Crippen LogP contribution < -0.4 is 10.6 Å². The molecule has 10 nitrogen and oxygen atoms in total. The van der Waals surface area contributed by atoms with E-state index in [4.69, 9.17) is 10.8 Å².